The third kappa shape index (κ3) is 4.89. The summed E-state index contributed by atoms with van der Waals surface area (Å²) in [6.45, 7) is 1.87. The van der Waals surface area contributed by atoms with E-state index in [0.29, 0.717) is 30.2 Å². The minimum absolute atomic E-state index is 0.0841. The molecule has 32 heavy (non-hydrogen) atoms. The second kappa shape index (κ2) is 8.60. The van der Waals surface area contributed by atoms with E-state index < -0.39 is 28.3 Å². The Hall–Kier alpha value is -2.25. The first-order chi connectivity index (χ1) is 15.0. The fourth-order valence-corrected chi connectivity index (χ4v) is 4.86. The van der Waals surface area contributed by atoms with Crippen molar-refractivity contribution in [2.45, 2.75) is 63.2 Å². The Bertz CT molecular complexity index is 1090. The van der Waals surface area contributed by atoms with Gasteiger partial charge in [0, 0.05) is 37.1 Å². The molecule has 3 heterocycles. The maximum Gasteiger partial charge on any atom is 0.276 e. The van der Waals surface area contributed by atoms with Crippen molar-refractivity contribution in [3.63, 3.8) is 0 Å². The lowest BCUT2D eigenvalue weighted by atomic mass is 10.1. The average molecular weight is 474 g/mol. The number of fused-ring (bicyclic) bond motifs is 1. The summed E-state index contributed by atoms with van der Waals surface area (Å²) in [5, 5.41) is 11.6. The van der Waals surface area contributed by atoms with Crippen LogP contribution >= 0.6 is 0 Å². The molecule has 4 rings (SSSR count). The van der Waals surface area contributed by atoms with Crippen molar-refractivity contribution in [2.24, 2.45) is 5.14 Å². The minimum atomic E-state index is -3.72. The van der Waals surface area contributed by atoms with Crippen molar-refractivity contribution in [1.82, 2.24) is 19.3 Å². The molecule has 0 radical (unpaired) electrons. The number of hydrogen-bond donors (Lipinski definition) is 3. The highest BCUT2D eigenvalue weighted by molar-refractivity contribution is 7.86. The Morgan fingerprint density at radius 3 is 2.53 bits per heavy atom. The molecule has 2 aromatic rings. The van der Waals surface area contributed by atoms with Crippen LogP contribution in [0.4, 0.5) is 24.9 Å². The smallest absolute Gasteiger partial charge is 0.276 e. The summed E-state index contributed by atoms with van der Waals surface area (Å²) in [4.78, 5) is 13.0. The number of piperidine rings is 1. The molecule has 9 nitrogen and oxygen atoms in total. The first kappa shape index (κ1) is 22.9. The number of pyridine rings is 1. The van der Waals surface area contributed by atoms with Crippen molar-refractivity contribution in [2.75, 3.05) is 23.7 Å². The van der Waals surface area contributed by atoms with Crippen LogP contribution in [-0.4, -0.2) is 58.8 Å². The molecule has 2 atom stereocenters. The van der Waals surface area contributed by atoms with Crippen LogP contribution in [0.2, 0.25) is 0 Å². The van der Waals surface area contributed by atoms with Gasteiger partial charge in [-0.1, -0.05) is 0 Å². The summed E-state index contributed by atoms with van der Waals surface area (Å²) < 4.78 is 66.5. The molecule has 2 aromatic heterocycles. The number of alkyl halides is 3. The number of halogens is 3. The molecule has 1 unspecified atom stereocenters. The van der Waals surface area contributed by atoms with E-state index in [2.05, 4.69) is 25.6 Å². The molecule has 1 aliphatic carbocycles. The van der Waals surface area contributed by atoms with Crippen LogP contribution < -0.4 is 15.8 Å². The zero-order chi connectivity index (χ0) is 23.1. The predicted molar refractivity (Wildman–Crippen MR) is 114 cm³/mol. The van der Waals surface area contributed by atoms with Gasteiger partial charge in [-0.3, -0.25) is 0 Å². The summed E-state index contributed by atoms with van der Waals surface area (Å²) in [6, 6.07) is 0.322. The number of nitrogens with one attached hydrogen (secondary N) is 2. The highest BCUT2D eigenvalue weighted by Gasteiger charge is 2.44. The molecule has 1 saturated heterocycles. The van der Waals surface area contributed by atoms with Gasteiger partial charge in [0.25, 0.3) is 16.1 Å². The molecule has 1 aliphatic heterocycles. The standard InChI is InChI=1S/C19H26F3N7O2S/c1-11(20)14-9-12-10-24-18(25-13-4-7-29(8-5-13)32(23,30)31)28-16(12)17(26-14)27-15-3-2-6-19(15,21)22/h9-11,13,15H,2-8H2,1H3,(H,26,27)(H2,23,30,31)(H,24,25,28)/t11?,15-/m0/s1. The molecule has 0 spiro atoms. The number of hydrogen-bond acceptors (Lipinski definition) is 7. The maximum atomic E-state index is 14.2. The lowest BCUT2D eigenvalue weighted by molar-refractivity contribution is -0.000659. The van der Waals surface area contributed by atoms with Crippen LogP contribution in [0.25, 0.3) is 10.9 Å². The summed E-state index contributed by atoms with van der Waals surface area (Å²) in [6.07, 6.45) is 1.59. The second-order valence-electron chi connectivity index (χ2n) is 8.36. The number of rotatable bonds is 6. The molecule has 4 N–H and O–H groups in total. The average Bonchev–Trinajstić information content (AvgIpc) is 3.05. The molecule has 1 saturated carbocycles. The van der Waals surface area contributed by atoms with E-state index in [1.54, 1.807) is 0 Å². The van der Waals surface area contributed by atoms with Gasteiger partial charge in [-0.2, -0.15) is 12.7 Å². The van der Waals surface area contributed by atoms with Crippen molar-refractivity contribution in [1.29, 1.82) is 0 Å². The van der Waals surface area contributed by atoms with Crippen LogP contribution in [0, 0.1) is 0 Å². The molecule has 176 valence electrons. The first-order valence-electron chi connectivity index (χ1n) is 10.5. The Morgan fingerprint density at radius 1 is 1.22 bits per heavy atom. The van der Waals surface area contributed by atoms with Gasteiger partial charge >= 0.3 is 0 Å². The maximum absolute atomic E-state index is 14.2. The quantitative estimate of drug-likeness (QED) is 0.589. The Morgan fingerprint density at radius 2 is 1.94 bits per heavy atom. The van der Waals surface area contributed by atoms with Crippen LogP contribution in [-0.2, 0) is 10.2 Å². The fraction of sp³-hybridized carbons (Fsp3) is 0.632. The SMILES string of the molecule is CC(F)c1cc2cnc(NC3CCN(S(N)(=O)=O)CC3)nc2c(N[C@H]2CCCC2(F)F)n1. The van der Waals surface area contributed by atoms with E-state index in [0.717, 1.165) is 0 Å². The zero-order valence-corrected chi connectivity index (χ0v) is 18.4. The number of aromatic nitrogens is 3. The Kier molecular flexibility index (Phi) is 6.16. The topological polar surface area (TPSA) is 126 Å². The van der Waals surface area contributed by atoms with Crippen molar-refractivity contribution in [3.8, 4) is 0 Å². The van der Waals surface area contributed by atoms with Gasteiger partial charge in [0.15, 0.2) is 5.82 Å². The van der Waals surface area contributed by atoms with Gasteiger partial charge in [-0.25, -0.2) is 33.3 Å². The normalized spacial score (nSPS) is 23.3. The number of nitrogens with two attached hydrogens (primary N) is 1. The lowest BCUT2D eigenvalue weighted by Crippen LogP contribution is -2.45. The minimum Gasteiger partial charge on any atom is -0.359 e. The van der Waals surface area contributed by atoms with E-state index in [1.165, 1.54) is 23.5 Å². The molecule has 0 amide bonds. The predicted octanol–water partition coefficient (Wildman–Crippen LogP) is 2.73. The van der Waals surface area contributed by atoms with E-state index in [9.17, 15) is 21.6 Å². The van der Waals surface area contributed by atoms with Crippen LogP contribution in [0.5, 0.6) is 0 Å². The van der Waals surface area contributed by atoms with Gasteiger partial charge < -0.3 is 10.6 Å². The lowest BCUT2D eigenvalue weighted by Gasteiger charge is -2.30. The summed E-state index contributed by atoms with van der Waals surface area (Å²) in [7, 11) is -3.72. The molecule has 0 bridgehead atoms. The fourth-order valence-electron chi connectivity index (χ4n) is 4.14. The number of nitrogens with zero attached hydrogens (tertiary/aromatic N) is 4. The van der Waals surface area contributed by atoms with Crippen LogP contribution in [0.3, 0.4) is 0 Å². The van der Waals surface area contributed by atoms with Gasteiger partial charge in [0.1, 0.15) is 11.7 Å². The summed E-state index contributed by atoms with van der Waals surface area (Å²) in [5.41, 5.74) is 0.428. The number of anilines is 2. The van der Waals surface area contributed by atoms with E-state index in [4.69, 9.17) is 5.14 Å². The Labute approximate surface area is 184 Å². The van der Waals surface area contributed by atoms with Crippen molar-refractivity contribution < 1.29 is 21.6 Å². The molecular formula is C19H26F3N7O2S. The monoisotopic (exact) mass is 473 g/mol. The van der Waals surface area contributed by atoms with Gasteiger partial charge in [-0.05, 0) is 38.7 Å². The molecule has 2 aliphatic rings. The van der Waals surface area contributed by atoms with E-state index in [1.807, 2.05) is 0 Å². The molecule has 2 fully saturated rings. The summed E-state index contributed by atoms with van der Waals surface area (Å²) in [5.74, 6) is -2.52. The van der Waals surface area contributed by atoms with E-state index in [-0.39, 0.29) is 49.4 Å². The Balaban J connectivity index is 1.59. The molecule has 13 heteroatoms. The van der Waals surface area contributed by atoms with Crippen molar-refractivity contribution >= 4 is 32.9 Å². The van der Waals surface area contributed by atoms with Gasteiger partial charge in [-0.15, -0.1) is 0 Å². The van der Waals surface area contributed by atoms with Crippen molar-refractivity contribution in [3.05, 3.63) is 18.0 Å². The largest absolute Gasteiger partial charge is 0.359 e. The first-order valence-corrected chi connectivity index (χ1v) is 12.0. The highest BCUT2D eigenvalue weighted by atomic mass is 32.2. The van der Waals surface area contributed by atoms with Gasteiger partial charge in [0.2, 0.25) is 5.95 Å². The highest BCUT2D eigenvalue weighted by Crippen LogP contribution is 2.38. The molecule has 0 aromatic carbocycles. The van der Waals surface area contributed by atoms with E-state index >= 15 is 0 Å². The zero-order valence-electron chi connectivity index (χ0n) is 17.6. The van der Waals surface area contributed by atoms with Crippen LogP contribution in [0.15, 0.2) is 12.3 Å². The van der Waals surface area contributed by atoms with Gasteiger partial charge in [0.05, 0.1) is 11.7 Å². The summed E-state index contributed by atoms with van der Waals surface area (Å²) >= 11 is 0. The van der Waals surface area contributed by atoms with Crippen LogP contribution in [0.1, 0.15) is 50.9 Å². The third-order valence-corrected chi connectivity index (χ3v) is 7.05. The second-order valence-corrected chi connectivity index (χ2v) is 9.90. The molecular weight excluding hydrogens is 447 g/mol. The third-order valence-electron chi connectivity index (χ3n) is 5.96.